The highest BCUT2D eigenvalue weighted by molar-refractivity contribution is 14.0. The Bertz CT molecular complexity index is 573. The molecule has 0 aliphatic carbocycles. The predicted octanol–water partition coefficient (Wildman–Crippen LogP) is 2.74. The van der Waals surface area contributed by atoms with Crippen LogP contribution in [-0.2, 0) is 0 Å². The second-order valence-corrected chi connectivity index (χ2v) is 6.96. The monoisotopic (exact) mass is 489 g/mol. The van der Waals surface area contributed by atoms with Gasteiger partial charge in [-0.2, -0.15) is 0 Å². The summed E-state index contributed by atoms with van der Waals surface area (Å²) in [4.78, 5) is 11.9. The fourth-order valence-corrected chi connectivity index (χ4v) is 3.05. The van der Waals surface area contributed by atoms with Crippen LogP contribution < -0.4 is 15.0 Å². The smallest absolute Gasteiger partial charge is 0.194 e. The van der Waals surface area contributed by atoms with Crippen molar-refractivity contribution in [1.29, 1.82) is 0 Å². The lowest BCUT2D eigenvalue weighted by atomic mass is 10.2. The van der Waals surface area contributed by atoms with Gasteiger partial charge >= 0.3 is 0 Å². The lowest BCUT2D eigenvalue weighted by Crippen LogP contribution is -2.52. The maximum Gasteiger partial charge on any atom is 0.194 e. The van der Waals surface area contributed by atoms with E-state index in [1.807, 2.05) is 12.1 Å². The third-order valence-electron chi connectivity index (χ3n) is 4.94. The Morgan fingerprint density at radius 1 is 1.22 bits per heavy atom. The molecule has 6 nitrogen and oxygen atoms in total. The molecular weight excluding hydrogens is 453 g/mol. The van der Waals surface area contributed by atoms with E-state index in [0.29, 0.717) is 6.04 Å². The van der Waals surface area contributed by atoms with Gasteiger partial charge in [-0.05, 0) is 40.0 Å². The summed E-state index contributed by atoms with van der Waals surface area (Å²) < 4.78 is 5.51. The lowest BCUT2D eigenvalue weighted by Gasteiger charge is -2.38. The zero-order valence-electron chi connectivity index (χ0n) is 17.4. The van der Waals surface area contributed by atoms with Crippen LogP contribution in [0, 0.1) is 0 Å². The lowest BCUT2D eigenvalue weighted by molar-refractivity contribution is 0.281. The molecule has 0 atom stereocenters. The third kappa shape index (κ3) is 7.03. The highest BCUT2D eigenvalue weighted by Gasteiger charge is 2.21. The highest BCUT2D eigenvalue weighted by Crippen LogP contribution is 2.28. The summed E-state index contributed by atoms with van der Waals surface area (Å²) >= 11 is 0. The molecule has 1 heterocycles. The first-order valence-corrected chi connectivity index (χ1v) is 9.68. The number of ether oxygens (including phenoxy) is 1. The first-order valence-electron chi connectivity index (χ1n) is 9.68. The minimum absolute atomic E-state index is 0. The van der Waals surface area contributed by atoms with Crippen LogP contribution in [0.25, 0.3) is 0 Å². The Kier molecular flexibility index (Phi) is 10.8. The van der Waals surface area contributed by atoms with Crippen molar-refractivity contribution >= 4 is 35.6 Å². The number of nitrogens with zero attached hydrogens (tertiary/aromatic N) is 4. The van der Waals surface area contributed by atoms with Crippen LogP contribution in [0.3, 0.4) is 0 Å². The predicted molar refractivity (Wildman–Crippen MR) is 126 cm³/mol. The van der Waals surface area contributed by atoms with Gasteiger partial charge in [0.05, 0.1) is 19.3 Å². The molecule has 1 aliphatic rings. The van der Waals surface area contributed by atoms with Crippen LogP contribution >= 0.6 is 24.0 Å². The van der Waals surface area contributed by atoms with E-state index in [-0.39, 0.29) is 24.0 Å². The molecule has 0 radical (unpaired) electrons. The normalized spacial score (nSPS) is 15.1. The Morgan fingerprint density at radius 2 is 1.89 bits per heavy atom. The van der Waals surface area contributed by atoms with E-state index in [4.69, 9.17) is 9.73 Å². The number of piperazine rings is 1. The van der Waals surface area contributed by atoms with Crippen LogP contribution in [0.4, 0.5) is 5.69 Å². The van der Waals surface area contributed by atoms with Crippen LogP contribution in [0.15, 0.2) is 29.3 Å². The molecule has 0 saturated carbocycles. The van der Waals surface area contributed by atoms with Gasteiger partial charge in [-0.3, -0.25) is 4.99 Å². The van der Waals surface area contributed by atoms with E-state index in [9.17, 15) is 0 Å². The zero-order valence-corrected chi connectivity index (χ0v) is 19.8. The number of para-hydroxylation sites is 2. The Morgan fingerprint density at radius 3 is 2.48 bits per heavy atom. The minimum Gasteiger partial charge on any atom is -0.495 e. The average Bonchev–Trinajstić information content (AvgIpc) is 2.67. The van der Waals surface area contributed by atoms with Gasteiger partial charge in [0.25, 0.3) is 0 Å². The standard InChI is InChI=1S/C20H35N5O.HI/c1-6-21-20(22-11-12-23(4)17(2)3)25-15-13-24(14-16-25)18-9-7-8-10-19(18)26-5;/h7-10,17H,6,11-16H2,1-5H3,(H,21,22);1H. The van der Waals surface area contributed by atoms with Gasteiger partial charge in [0.2, 0.25) is 0 Å². The van der Waals surface area contributed by atoms with Crippen molar-refractivity contribution in [3.63, 3.8) is 0 Å². The number of hydrogen-bond acceptors (Lipinski definition) is 4. The van der Waals surface area contributed by atoms with Gasteiger partial charge in [0, 0.05) is 45.3 Å². The van der Waals surface area contributed by atoms with Crippen LogP contribution in [0.5, 0.6) is 5.75 Å². The van der Waals surface area contributed by atoms with E-state index in [1.165, 1.54) is 5.69 Å². The molecule has 154 valence electrons. The maximum atomic E-state index is 5.51. The SMILES string of the molecule is CCNC(=NCCN(C)C(C)C)N1CCN(c2ccccc2OC)CC1.I. The number of aliphatic imine (C=N–C) groups is 1. The number of methoxy groups -OCH3 is 1. The molecule has 0 spiro atoms. The highest BCUT2D eigenvalue weighted by atomic mass is 127. The molecule has 0 bridgehead atoms. The summed E-state index contributed by atoms with van der Waals surface area (Å²) in [6.45, 7) is 13.1. The maximum absolute atomic E-state index is 5.51. The fourth-order valence-electron chi connectivity index (χ4n) is 3.05. The molecule has 7 heteroatoms. The first-order chi connectivity index (χ1) is 12.6. The van der Waals surface area contributed by atoms with Gasteiger partial charge in [-0.1, -0.05) is 12.1 Å². The summed E-state index contributed by atoms with van der Waals surface area (Å²) in [5.74, 6) is 1.97. The quantitative estimate of drug-likeness (QED) is 0.363. The molecule has 0 amide bonds. The van der Waals surface area contributed by atoms with Crippen LogP contribution in [0.2, 0.25) is 0 Å². The van der Waals surface area contributed by atoms with Crippen molar-refractivity contribution in [1.82, 2.24) is 15.1 Å². The molecule has 1 aromatic carbocycles. The number of guanidine groups is 1. The number of halogens is 1. The van der Waals surface area contributed by atoms with Crippen molar-refractivity contribution in [3.8, 4) is 5.75 Å². The molecule has 1 aliphatic heterocycles. The minimum atomic E-state index is 0. The Hall–Kier alpha value is -1.22. The summed E-state index contributed by atoms with van der Waals surface area (Å²) in [6.07, 6.45) is 0. The largest absolute Gasteiger partial charge is 0.495 e. The van der Waals surface area contributed by atoms with Crippen molar-refractivity contribution in [2.24, 2.45) is 4.99 Å². The molecule has 1 fully saturated rings. The Balaban J connectivity index is 0.00000364. The van der Waals surface area contributed by atoms with Gasteiger partial charge in [-0.25, -0.2) is 0 Å². The second kappa shape index (κ2) is 12.3. The number of anilines is 1. The van der Waals surface area contributed by atoms with Gasteiger partial charge < -0.3 is 24.8 Å². The zero-order chi connectivity index (χ0) is 18.9. The molecule has 27 heavy (non-hydrogen) atoms. The van der Waals surface area contributed by atoms with E-state index >= 15 is 0 Å². The van der Waals surface area contributed by atoms with Gasteiger partial charge in [0.1, 0.15) is 5.75 Å². The van der Waals surface area contributed by atoms with E-state index in [0.717, 1.165) is 57.5 Å². The van der Waals surface area contributed by atoms with Gasteiger partial charge in [-0.15, -0.1) is 24.0 Å². The number of nitrogens with one attached hydrogen (secondary N) is 1. The van der Waals surface area contributed by atoms with Crippen molar-refractivity contribution < 1.29 is 4.74 Å². The summed E-state index contributed by atoms with van der Waals surface area (Å²) in [6, 6.07) is 8.80. The molecule has 1 aromatic rings. The summed E-state index contributed by atoms with van der Waals surface area (Å²) in [5.41, 5.74) is 1.18. The van der Waals surface area contributed by atoms with Crippen LogP contribution in [-0.4, -0.2) is 81.8 Å². The number of benzene rings is 1. The number of likely N-dealkylation sites (N-methyl/N-ethyl adjacent to an activating group) is 1. The number of hydrogen-bond donors (Lipinski definition) is 1. The van der Waals surface area contributed by atoms with Gasteiger partial charge in [0.15, 0.2) is 5.96 Å². The van der Waals surface area contributed by atoms with E-state index < -0.39 is 0 Å². The third-order valence-corrected chi connectivity index (χ3v) is 4.94. The molecule has 2 rings (SSSR count). The second-order valence-electron chi connectivity index (χ2n) is 6.96. The summed E-state index contributed by atoms with van der Waals surface area (Å²) in [5, 5.41) is 3.45. The topological polar surface area (TPSA) is 43.3 Å². The average molecular weight is 489 g/mol. The van der Waals surface area contributed by atoms with Crippen molar-refractivity contribution in [3.05, 3.63) is 24.3 Å². The fraction of sp³-hybridized carbons (Fsp3) is 0.650. The number of rotatable bonds is 7. The van der Waals surface area contributed by atoms with Crippen molar-refractivity contribution in [2.75, 3.05) is 64.9 Å². The molecule has 0 unspecified atom stereocenters. The van der Waals surface area contributed by atoms with Crippen molar-refractivity contribution in [2.45, 2.75) is 26.8 Å². The molecule has 1 saturated heterocycles. The first kappa shape index (κ1) is 23.8. The van der Waals surface area contributed by atoms with E-state index in [2.05, 4.69) is 60.0 Å². The molecular formula is C20H36IN5O. The molecule has 1 N–H and O–H groups in total. The van der Waals surface area contributed by atoms with E-state index in [1.54, 1.807) is 7.11 Å². The Labute approximate surface area is 182 Å². The summed E-state index contributed by atoms with van der Waals surface area (Å²) in [7, 11) is 3.89. The van der Waals surface area contributed by atoms with Crippen LogP contribution in [0.1, 0.15) is 20.8 Å². The molecule has 0 aromatic heterocycles.